The van der Waals surface area contributed by atoms with E-state index in [1.807, 2.05) is 12.1 Å². The van der Waals surface area contributed by atoms with Crippen molar-refractivity contribution in [1.29, 1.82) is 0 Å². The van der Waals surface area contributed by atoms with Crippen LogP contribution in [-0.4, -0.2) is 6.54 Å². The molecule has 2 aromatic carbocycles. The maximum Gasteiger partial charge on any atom is 0.129 e. The average Bonchev–Trinajstić information content (AvgIpc) is 2.53. The van der Waals surface area contributed by atoms with Crippen molar-refractivity contribution in [2.75, 3.05) is 6.54 Å². The fraction of sp³-hybridized carbons (Fsp3) is 0.333. The number of fused-ring (bicyclic) bond motifs is 1. The van der Waals surface area contributed by atoms with Gasteiger partial charge in [0.1, 0.15) is 5.82 Å². The van der Waals surface area contributed by atoms with Gasteiger partial charge >= 0.3 is 0 Å². The summed E-state index contributed by atoms with van der Waals surface area (Å²) in [5, 5.41) is 0. The second-order valence-corrected chi connectivity index (χ2v) is 5.46. The molecule has 2 atom stereocenters. The van der Waals surface area contributed by atoms with E-state index in [0.29, 0.717) is 5.56 Å². The van der Waals surface area contributed by atoms with E-state index in [1.165, 1.54) is 17.2 Å². The van der Waals surface area contributed by atoms with E-state index in [4.69, 9.17) is 10.5 Å². The zero-order valence-corrected chi connectivity index (χ0v) is 12.0. The third kappa shape index (κ3) is 2.99. The van der Waals surface area contributed by atoms with Gasteiger partial charge in [0.25, 0.3) is 0 Å². The molecule has 0 saturated heterocycles. The molecular weight excluding hydrogens is 265 g/mol. The number of aryl methyl sites for hydroxylation is 1. The maximum atomic E-state index is 13.9. The van der Waals surface area contributed by atoms with Gasteiger partial charge in [0, 0.05) is 12.1 Å². The Labute approximate surface area is 124 Å². The third-order valence-electron chi connectivity index (χ3n) is 4.11. The van der Waals surface area contributed by atoms with Gasteiger partial charge in [-0.2, -0.15) is 0 Å². The lowest BCUT2D eigenvalue weighted by atomic mass is 9.89. The van der Waals surface area contributed by atoms with Crippen molar-refractivity contribution < 1.29 is 9.13 Å². The first kappa shape index (κ1) is 14.2. The first-order chi connectivity index (χ1) is 10.3. The zero-order chi connectivity index (χ0) is 14.7. The molecule has 1 aliphatic rings. The number of halogens is 1. The Kier molecular flexibility index (Phi) is 4.32. The van der Waals surface area contributed by atoms with E-state index in [-0.39, 0.29) is 18.5 Å². The van der Waals surface area contributed by atoms with Crippen LogP contribution in [-0.2, 0) is 11.2 Å². The fourth-order valence-electron chi connectivity index (χ4n) is 3.04. The Morgan fingerprint density at radius 3 is 2.71 bits per heavy atom. The highest BCUT2D eigenvalue weighted by atomic mass is 19.1. The lowest BCUT2D eigenvalue weighted by Gasteiger charge is -2.29. The van der Waals surface area contributed by atoms with Gasteiger partial charge in [0.15, 0.2) is 0 Å². The summed E-state index contributed by atoms with van der Waals surface area (Å²) >= 11 is 0. The summed E-state index contributed by atoms with van der Waals surface area (Å²) in [6.45, 7) is 0.277. The summed E-state index contributed by atoms with van der Waals surface area (Å²) in [5.41, 5.74) is 8.92. The molecule has 21 heavy (non-hydrogen) atoms. The molecule has 0 aromatic heterocycles. The molecule has 2 aromatic rings. The molecule has 2 unspecified atom stereocenters. The lowest BCUT2D eigenvalue weighted by molar-refractivity contribution is -0.0207. The normalized spacial score (nSPS) is 19.0. The van der Waals surface area contributed by atoms with Crippen LogP contribution in [0.1, 0.15) is 41.7 Å². The molecule has 0 heterocycles. The SMILES string of the molecule is NCC(OC1CCCc2ccccc21)c1ccccc1F. The number of hydrogen-bond acceptors (Lipinski definition) is 2. The number of benzene rings is 2. The Morgan fingerprint density at radius 2 is 1.90 bits per heavy atom. The summed E-state index contributed by atoms with van der Waals surface area (Å²) < 4.78 is 20.1. The molecule has 0 amide bonds. The topological polar surface area (TPSA) is 35.2 Å². The molecule has 0 aliphatic heterocycles. The maximum absolute atomic E-state index is 13.9. The third-order valence-corrected chi connectivity index (χ3v) is 4.11. The molecule has 1 aliphatic carbocycles. The van der Waals surface area contributed by atoms with Gasteiger partial charge in [-0.3, -0.25) is 0 Å². The van der Waals surface area contributed by atoms with Crippen molar-refractivity contribution in [1.82, 2.24) is 0 Å². The summed E-state index contributed by atoms with van der Waals surface area (Å²) in [5.74, 6) is -0.253. The van der Waals surface area contributed by atoms with Crippen LogP contribution < -0.4 is 5.73 Å². The largest absolute Gasteiger partial charge is 0.364 e. The van der Waals surface area contributed by atoms with Crippen LogP contribution in [0, 0.1) is 5.82 Å². The van der Waals surface area contributed by atoms with Crippen LogP contribution >= 0.6 is 0 Å². The van der Waals surface area contributed by atoms with Crippen LogP contribution in [0.4, 0.5) is 4.39 Å². The standard InChI is InChI=1S/C18H20FNO/c19-16-10-4-3-9-15(16)18(12-20)21-17-11-5-7-13-6-1-2-8-14(13)17/h1-4,6,8-10,17-18H,5,7,11-12,20H2. The second kappa shape index (κ2) is 6.37. The highest BCUT2D eigenvalue weighted by Gasteiger charge is 2.25. The summed E-state index contributed by atoms with van der Waals surface area (Å²) in [7, 11) is 0. The number of nitrogens with two attached hydrogens (primary N) is 1. The van der Waals surface area contributed by atoms with Gasteiger partial charge in [-0.25, -0.2) is 4.39 Å². The molecule has 2 N–H and O–H groups in total. The minimum Gasteiger partial charge on any atom is -0.364 e. The second-order valence-electron chi connectivity index (χ2n) is 5.46. The predicted octanol–water partition coefficient (Wildman–Crippen LogP) is 3.92. The predicted molar refractivity (Wildman–Crippen MR) is 81.4 cm³/mol. The van der Waals surface area contributed by atoms with Crippen molar-refractivity contribution in [3.63, 3.8) is 0 Å². The molecule has 2 nitrogen and oxygen atoms in total. The zero-order valence-electron chi connectivity index (χ0n) is 12.0. The Bertz CT molecular complexity index is 614. The molecular formula is C18H20FNO. The van der Waals surface area contributed by atoms with Crippen LogP contribution in [0.2, 0.25) is 0 Å². The van der Waals surface area contributed by atoms with Gasteiger partial charge in [-0.05, 0) is 36.5 Å². The highest BCUT2D eigenvalue weighted by Crippen LogP contribution is 2.36. The number of ether oxygens (including phenoxy) is 1. The highest BCUT2D eigenvalue weighted by molar-refractivity contribution is 5.31. The molecule has 0 fully saturated rings. The first-order valence-electron chi connectivity index (χ1n) is 7.47. The van der Waals surface area contributed by atoms with Gasteiger partial charge in [0.05, 0.1) is 12.2 Å². The van der Waals surface area contributed by atoms with Crippen LogP contribution in [0.3, 0.4) is 0 Å². The Balaban J connectivity index is 1.84. The lowest BCUT2D eigenvalue weighted by Crippen LogP contribution is -2.22. The molecule has 110 valence electrons. The van der Waals surface area contributed by atoms with Crippen LogP contribution in [0.5, 0.6) is 0 Å². The minimum atomic E-state index is -0.401. The molecule has 0 bridgehead atoms. The van der Waals surface area contributed by atoms with E-state index in [9.17, 15) is 4.39 Å². The Hall–Kier alpha value is -1.71. The molecule has 0 spiro atoms. The van der Waals surface area contributed by atoms with Crippen molar-refractivity contribution in [3.8, 4) is 0 Å². The van der Waals surface area contributed by atoms with Gasteiger partial charge in [-0.1, -0.05) is 42.5 Å². The number of rotatable bonds is 4. The molecule has 3 heteroatoms. The number of hydrogen-bond donors (Lipinski definition) is 1. The summed E-state index contributed by atoms with van der Waals surface area (Å²) in [6.07, 6.45) is 2.74. The van der Waals surface area contributed by atoms with E-state index < -0.39 is 6.10 Å². The first-order valence-corrected chi connectivity index (χ1v) is 7.47. The van der Waals surface area contributed by atoms with E-state index in [0.717, 1.165) is 19.3 Å². The summed E-state index contributed by atoms with van der Waals surface area (Å²) in [4.78, 5) is 0. The monoisotopic (exact) mass is 285 g/mol. The Morgan fingerprint density at radius 1 is 1.14 bits per heavy atom. The summed E-state index contributed by atoms with van der Waals surface area (Å²) in [6, 6.07) is 15.0. The fourth-order valence-corrected chi connectivity index (χ4v) is 3.04. The smallest absolute Gasteiger partial charge is 0.129 e. The molecule has 0 saturated carbocycles. The van der Waals surface area contributed by atoms with E-state index >= 15 is 0 Å². The van der Waals surface area contributed by atoms with Crippen LogP contribution in [0.25, 0.3) is 0 Å². The van der Waals surface area contributed by atoms with Crippen molar-refractivity contribution in [3.05, 3.63) is 71.0 Å². The van der Waals surface area contributed by atoms with E-state index in [2.05, 4.69) is 18.2 Å². The quantitative estimate of drug-likeness (QED) is 0.924. The van der Waals surface area contributed by atoms with Gasteiger partial charge in [0.2, 0.25) is 0 Å². The molecule has 3 rings (SSSR count). The van der Waals surface area contributed by atoms with Gasteiger partial charge in [-0.15, -0.1) is 0 Å². The molecule has 0 radical (unpaired) electrons. The van der Waals surface area contributed by atoms with E-state index in [1.54, 1.807) is 12.1 Å². The van der Waals surface area contributed by atoms with Gasteiger partial charge < -0.3 is 10.5 Å². The minimum absolute atomic E-state index is 0.00288. The van der Waals surface area contributed by atoms with Crippen LogP contribution in [0.15, 0.2) is 48.5 Å². The van der Waals surface area contributed by atoms with Crippen molar-refractivity contribution in [2.24, 2.45) is 5.73 Å². The van der Waals surface area contributed by atoms with Crippen molar-refractivity contribution >= 4 is 0 Å². The van der Waals surface area contributed by atoms with Crippen molar-refractivity contribution in [2.45, 2.75) is 31.5 Å². The average molecular weight is 285 g/mol.